The van der Waals surface area contributed by atoms with Crippen molar-refractivity contribution in [3.05, 3.63) is 59.9 Å². The average molecular weight is 305 g/mol. The molecular weight excluding hydrogens is 286 g/mol. The Kier molecular flexibility index (Phi) is 4.93. The highest BCUT2D eigenvalue weighted by atomic mass is 32.2. The third-order valence-corrected chi connectivity index (χ3v) is 4.97. The maximum atomic E-state index is 12.3. The summed E-state index contributed by atoms with van der Waals surface area (Å²) >= 11 is 0. The maximum Gasteiger partial charge on any atom is 0.214 e. The fraction of sp³-hybridized carbons (Fsp3) is 0.267. The summed E-state index contributed by atoms with van der Waals surface area (Å²) in [5.74, 6) is 0.0445. The lowest BCUT2D eigenvalue weighted by Crippen LogP contribution is -2.29. The van der Waals surface area contributed by atoms with E-state index in [1.165, 1.54) is 4.31 Å². The van der Waals surface area contributed by atoms with Crippen molar-refractivity contribution in [1.82, 2.24) is 9.29 Å². The van der Waals surface area contributed by atoms with E-state index < -0.39 is 10.0 Å². The molecule has 0 radical (unpaired) electrons. The van der Waals surface area contributed by atoms with E-state index in [0.717, 1.165) is 11.3 Å². The first kappa shape index (κ1) is 15.5. The first-order chi connectivity index (χ1) is 9.97. The minimum Gasteiger partial charge on any atom is -0.399 e. The number of hydrogen-bond donors (Lipinski definition) is 1. The molecule has 0 unspecified atom stereocenters. The van der Waals surface area contributed by atoms with E-state index in [1.54, 1.807) is 25.4 Å². The van der Waals surface area contributed by atoms with E-state index in [0.29, 0.717) is 18.7 Å². The van der Waals surface area contributed by atoms with Crippen LogP contribution < -0.4 is 5.73 Å². The second kappa shape index (κ2) is 6.69. The Balaban J connectivity index is 1.98. The first-order valence-corrected chi connectivity index (χ1v) is 8.26. The molecule has 0 aliphatic carbocycles. The standard InChI is InChI=1S/C15H19N3O2S/c1-18(12-13-5-4-6-14(16)11-13)21(19,20)10-8-15-7-2-3-9-17-15/h2-7,9,11H,8,10,12,16H2,1H3. The molecule has 2 N–H and O–H groups in total. The Bertz CT molecular complexity index is 687. The molecule has 0 saturated carbocycles. The van der Waals surface area contributed by atoms with Crippen molar-refractivity contribution >= 4 is 15.7 Å². The van der Waals surface area contributed by atoms with E-state index >= 15 is 0 Å². The van der Waals surface area contributed by atoms with Gasteiger partial charge < -0.3 is 5.73 Å². The van der Waals surface area contributed by atoms with Crippen LogP contribution in [0.3, 0.4) is 0 Å². The van der Waals surface area contributed by atoms with Crippen LogP contribution in [0.5, 0.6) is 0 Å². The molecule has 1 aromatic carbocycles. The van der Waals surface area contributed by atoms with Gasteiger partial charge in [0.2, 0.25) is 10.0 Å². The summed E-state index contributed by atoms with van der Waals surface area (Å²) in [5, 5.41) is 0. The fourth-order valence-corrected chi connectivity index (χ4v) is 3.11. The SMILES string of the molecule is CN(Cc1cccc(N)c1)S(=O)(=O)CCc1ccccn1. The molecule has 112 valence electrons. The van der Waals surface area contributed by atoms with Gasteiger partial charge in [0, 0.05) is 37.6 Å². The zero-order valence-corrected chi connectivity index (χ0v) is 12.8. The monoisotopic (exact) mass is 305 g/mol. The quantitative estimate of drug-likeness (QED) is 0.824. The third kappa shape index (κ3) is 4.54. The normalized spacial score (nSPS) is 11.7. The molecule has 5 nitrogen and oxygen atoms in total. The molecule has 6 heteroatoms. The number of sulfonamides is 1. The lowest BCUT2D eigenvalue weighted by Gasteiger charge is -2.17. The van der Waals surface area contributed by atoms with Crippen molar-refractivity contribution < 1.29 is 8.42 Å². The molecule has 0 bridgehead atoms. The Morgan fingerprint density at radius 1 is 1.19 bits per heavy atom. The van der Waals surface area contributed by atoms with Gasteiger partial charge in [-0.15, -0.1) is 0 Å². The maximum absolute atomic E-state index is 12.3. The predicted octanol–water partition coefficient (Wildman–Crippen LogP) is 1.67. The van der Waals surface area contributed by atoms with E-state index in [2.05, 4.69) is 4.98 Å². The van der Waals surface area contributed by atoms with Crippen LogP contribution in [-0.4, -0.2) is 30.5 Å². The molecule has 0 saturated heterocycles. The summed E-state index contributed by atoms with van der Waals surface area (Å²) in [6.45, 7) is 0.315. The minimum atomic E-state index is -3.32. The topological polar surface area (TPSA) is 76.3 Å². The summed E-state index contributed by atoms with van der Waals surface area (Å²) < 4.78 is 25.9. The van der Waals surface area contributed by atoms with Crippen LogP contribution >= 0.6 is 0 Å². The Labute approximate surface area is 125 Å². The van der Waals surface area contributed by atoms with Crippen molar-refractivity contribution in [3.63, 3.8) is 0 Å². The number of benzene rings is 1. The van der Waals surface area contributed by atoms with Crippen molar-refractivity contribution in [3.8, 4) is 0 Å². The van der Waals surface area contributed by atoms with Crippen LogP contribution in [-0.2, 0) is 23.0 Å². The lowest BCUT2D eigenvalue weighted by molar-refractivity contribution is 0.466. The second-order valence-corrected chi connectivity index (χ2v) is 7.08. The number of nitrogens with zero attached hydrogens (tertiary/aromatic N) is 2. The summed E-state index contributed by atoms with van der Waals surface area (Å²) in [4.78, 5) is 4.14. The number of rotatable bonds is 6. The molecule has 2 aromatic rings. The summed E-state index contributed by atoms with van der Waals surface area (Å²) in [7, 11) is -1.74. The van der Waals surface area contributed by atoms with Gasteiger partial charge in [-0.3, -0.25) is 4.98 Å². The van der Waals surface area contributed by atoms with Gasteiger partial charge in [0.15, 0.2) is 0 Å². The molecule has 0 atom stereocenters. The van der Waals surface area contributed by atoms with Gasteiger partial charge in [0.1, 0.15) is 0 Å². The van der Waals surface area contributed by atoms with Gasteiger partial charge in [-0.2, -0.15) is 0 Å². The van der Waals surface area contributed by atoms with Crippen molar-refractivity contribution in [2.45, 2.75) is 13.0 Å². The van der Waals surface area contributed by atoms with Crippen LogP contribution in [0.15, 0.2) is 48.7 Å². The van der Waals surface area contributed by atoms with Crippen molar-refractivity contribution in [1.29, 1.82) is 0 Å². The summed E-state index contributed by atoms with van der Waals surface area (Å²) in [5.41, 5.74) is 7.98. The number of anilines is 1. The number of aryl methyl sites for hydroxylation is 1. The van der Waals surface area contributed by atoms with Crippen LogP contribution in [0.1, 0.15) is 11.3 Å². The minimum absolute atomic E-state index is 0.0445. The largest absolute Gasteiger partial charge is 0.399 e. The predicted molar refractivity (Wildman–Crippen MR) is 84.0 cm³/mol. The van der Waals surface area contributed by atoms with Gasteiger partial charge in [-0.1, -0.05) is 18.2 Å². The number of pyridine rings is 1. The molecule has 0 spiro atoms. The molecule has 0 aliphatic heterocycles. The molecule has 0 fully saturated rings. The lowest BCUT2D eigenvalue weighted by atomic mass is 10.2. The zero-order chi connectivity index (χ0) is 15.3. The van der Waals surface area contributed by atoms with Crippen LogP contribution in [0.4, 0.5) is 5.69 Å². The third-order valence-electron chi connectivity index (χ3n) is 3.17. The van der Waals surface area contributed by atoms with Gasteiger partial charge in [0.05, 0.1) is 5.75 Å². The first-order valence-electron chi connectivity index (χ1n) is 6.66. The van der Waals surface area contributed by atoms with Crippen LogP contribution in [0, 0.1) is 0 Å². The molecule has 2 rings (SSSR count). The highest BCUT2D eigenvalue weighted by molar-refractivity contribution is 7.89. The van der Waals surface area contributed by atoms with E-state index in [1.807, 2.05) is 30.3 Å². The molecular formula is C15H19N3O2S. The second-order valence-electron chi connectivity index (χ2n) is 4.89. The summed E-state index contributed by atoms with van der Waals surface area (Å²) in [6.07, 6.45) is 2.07. The van der Waals surface area contributed by atoms with Crippen molar-refractivity contribution in [2.24, 2.45) is 0 Å². The molecule has 0 amide bonds. The van der Waals surface area contributed by atoms with E-state index in [4.69, 9.17) is 5.73 Å². The Hall–Kier alpha value is -1.92. The molecule has 1 aromatic heterocycles. The average Bonchev–Trinajstić information content (AvgIpc) is 2.46. The van der Waals surface area contributed by atoms with Crippen molar-refractivity contribution in [2.75, 3.05) is 18.5 Å². The van der Waals surface area contributed by atoms with Gasteiger partial charge in [0.25, 0.3) is 0 Å². The molecule has 21 heavy (non-hydrogen) atoms. The smallest absolute Gasteiger partial charge is 0.214 e. The van der Waals surface area contributed by atoms with Gasteiger partial charge in [-0.05, 0) is 29.8 Å². The van der Waals surface area contributed by atoms with Gasteiger partial charge in [-0.25, -0.2) is 12.7 Å². The van der Waals surface area contributed by atoms with E-state index in [9.17, 15) is 8.42 Å². The highest BCUT2D eigenvalue weighted by Crippen LogP contribution is 2.12. The number of hydrogen-bond acceptors (Lipinski definition) is 4. The van der Waals surface area contributed by atoms with Crippen LogP contribution in [0.25, 0.3) is 0 Å². The van der Waals surface area contributed by atoms with Crippen LogP contribution in [0.2, 0.25) is 0 Å². The highest BCUT2D eigenvalue weighted by Gasteiger charge is 2.18. The number of nitrogens with two attached hydrogens (primary N) is 1. The molecule has 0 aliphatic rings. The number of nitrogen functional groups attached to an aromatic ring is 1. The zero-order valence-electron chi connectivity index (χ0n) is 11.9. The molecule has 1 heterocycles. The Morgan fingerprint density at radius 3 is 2.67 bits per heavy atom. The van der Waals surface area contributed by atoms with E-state index in [-0.39, 0.29) is 5.75 Å². The Morgan fingerprint density at radius 2 is 2.00 bits per heavy atom. The fourth-order valence-electron chi connectivity index (χ4n) is 1.98. The number of aromatic nitrogens is 1. The van der Waals surface area contributed by atoms with Gasteiger partial charge >= 0.3 is 0 Å². The summed E-state index contributed by atoms with van der Waals surface area (Å²) in [6, 6.07) is 12.7.